The van der Waals surface area contributed by atoms with Gasteiger partial charge in [-0.15, -0.1) is 0 Å². The Bertz CT molecular complexity index is 378. The van der Waals surface area contributed by atoms with E-state index in [1.165, 1.54) is 12.8 Å². The number of nitrogens with two attached hydrogens (primary N) is 1. The Balaban J connectivity index is 2.19. The van der Waals surface area contributed by atoms with Gasteiger partial charge in [0.05, 0.1) is 18.2 Å². The zero-order valence-corrected chi connectivity index (χ0v) is 10.9. The molecule has 0 bridgehead atoms. The van der Waals surface area contributed by atoms with Crippen molar-refractivity contribution in [2.24, 2.45) is 11.7 Å². The summed E-state index contributed by atoms with van der Waals surface area (Å²) in [5.41, 5.74) is 6.67. The van der Waals surface area contributed by atoms with Crippen molar-refractivity contribution in [3.63, 3.8) is 0 Å². The van der Waals surface area contributed by atoms with Crippen LogP contribution < -0.4 is 15.2 Å². The Morgan fingerprint density at radius 2 is 2.19 bits per heavy atom. The van der Waals surface area contributed by atoms with E-state index in [1.54, 1.807) is 7.11 Å². The van der Waals surface area contributed by atoms with E-state index in [4.69, 9.17) is 15.2 Å². The number of benzene rings is 1. The van der Waals surface area contributed by atoms with Crippen LogP contribution in [-0.2, 0) is 6.54 Å². The third-order valence-electron chi connectivity index (χ3n) is 2.68. The first-order valence-electron chi connectivity index (χ1n) is 5.44. The molecule has 0 spiro atoms. The molecule has 1 saturated carbocycles. The zero-order chi connectivity index (χ0) is 11.5. The van der Waals surface area contributed by atoms with Crippen molar-refractivity contribution < 1.29 is 9.47 Å². The van der Waals surface area contributed by atoms with E-state index >= 15 is 0 Å². The number of hydrogen-bond donors (Lipinski definition) is 1. The van der Waals surface area contributed by atoms with Crippen LogP contribution in [-0.4, -0.2) is 13.7 Å². The van der Waals surface area contributed by atoms with Crippen molar-refractivity contribution in [3.05, 3.63) is 22.2 Å². The molecule has 1 aliphatic carbocycles. The molecule has 0 amide bonds. The van der Waals surface area contributed by atoms with Crippen molar-refractivity contribution in [2.45, 2.75) is 19.4 Å². The van der Waals surface area contributed by atoms with Crippen LogP contribution in [0, 0.1) is 5.92 Å². The minimum atomic E-state index is 0.502. The average molecular weight is 286 g/mol. The molecule has 0 heterocycles. The lowest BCUT2D eigenvalue weighted by molar-refractivity contribution is 0.279. The number of rotatable bonds is 5. The molecule has 4 heteroatoms. The highest BCUT2D eigenvalue weighted by Gasteiger charge is 2.23. The van der Waals surface area contributed by atoms with Crippen LogP contribution in [0.1, 0.15) is 18.4 Å². The molecule has 0 saturated heterocycles. The van der Waals surface area contributed by atoms with Crippen LogP contribution in [0.4, 0.5) is 0 Å². The maximum atomic E-state index is 5.76. The van der Waals surface area contributed by atoms with Gasteiger partial charge in [-0.3, -0.25) is 0 Å². The minimum Gasteiger partial charge on any atom is -0.492 e. The highest BCUT2D eigenvalue weighted by molar-refractivity contribution is 9.10. The first-order chi connectivity index (χ1) is 7.74. The van der Waals surface area contributed by atoms with Crippen molar-refractivity contribution in [1.29, 1.82) is 0 Å². The Hall–Kier alpha value is -0.740. The van der Waals surface area contributed by atoms with Gasteiger partial charge >= 0.3 is 0 Å². The lowest BCUT2D eigenvalue weighted by Crippen LogP contribution is -2.03. The summed E-state index contributed by atoms with van der Waals surface area (Å²) in [4.78, 5) is 0. The molecule has 3 nitrogen and oxygen atoms in total. The van der Waals surface area contributed by atoms with Gasteiger partial charge in [0.25, 0.3) is 0 Å². The van der Waals surface area contributed by atoms with Crippen molar-refractivity contribution >= 4 is 15.9 Å². The molecule has 0 radical (unpaired) electrons. The van der Waals surface area contributed by atoms with Crippen molar-refractivity contribution in [3.8, 4) is 11.5 Å². The molecule has 1 fully saturated rings. The molecule has 0 atom stereocenters. The van der Waals surface area contributed by atoms with Crippen LogP contribution in [0.5, 0.6) is 11.5 Å². The Kier molecular flexibility index (Phi) is 3.71. The first kappa shape index (κ1) is 11.7. The molecule has 2 N–H and O–H groups in total. The topological polar surface area (TPSA) is 44.5 Å². The van der Waals surface area contributed by atoms with Crippen LogP contribution in [0.2, 0.25) is 0 Å². The molecule has 2 rings (SSSR count). The van der Waals surface area contributed by atoms with Crippen LogP contribution in [0.3, 0.4) is 0 Å². The summed E-state index contributed by atoms with van der Waals surface area (Å²) in [6.45, 7) is 1.28. The van der Waals surface area contributed by atoms with Crippen LogP contribution >= 0.6 is 15.9 Å². The van der Waals surface area contributed by atoms with Gasteiger partial charge in [-0.05, 0) is 52.4 Å². The highest BCUT2D eigenvalue weighted by Crippen LogP contribution is 2.38. The summed E-state index contributed by atoms with van der Waals surface area (Å²) >= 11 is 3.46. The smallest absolute Gasteiger partial charge is 0.174 e. The number of hydrogen-bond acceptors (Lipinski definition) is 3. The lowest BCUT2D eigenvalue weighted by Gasteiger charge is -2.13. The summed E-state index contributed by atoms with van der Waals surface area (Å²) in [5.74, 6) is 2.26. The fourth-order valence-electron chi connectivity index (χ4n) is 1.54. The summed E-state index contributed by atoms with van der Waals surface area (Å²) in [7, 11) is 1.65. The average Bonchev–Trinajstić information content (AvgIpc) is 3.09. The predicted molar refractivity (Wildman–Crippen MR) is 66.8 cm³/mol. The van der Waals surface area contributed by atoms with E-state index in [9.17, 15) is 0 Å². The number of halogens is 1. The first-order valence-corrected chi connectivity index (χ1v) is 6.23. The van der Waals surface area contributed by atoms with Gasteiger partial charge in [0.15, 0.2) is 11.5 Å². The molecule has 0 aromatic heterocycles. The van der Waals surface area contributed by atoms with E-state index in [0.29, 0.717) is 6.54 Å². The number of ether oxygens (including phenoxy) is 2. The molecule has 1 aromatic rings. The Morgan fingerprint density at radius 3 is 2.75 bits per heavy atom. The Labute approximate surface area is 104 Å². The van der Waals surface area contributed by atoms with Gasteiger partial charge in [0.2, 0.25) is 0 Å². The van der Waals surface area contributed by atoms with Crippen molar-refractivity contribution in [1.82, 2.24) is 0 Å². The molecule has 88 valence electrons. The molecule has 0 aliphatic heterocycles. The van der Waals surface area contributed by atoms with E-state index in [1.807, 2.05) is 12.1 Å². The minimum absolute atomic E-state index is 0.502. The maximum absolute atomic E-state index is 5.76. The standard InChI is InChI=1S/C12H16BrNO2/c1-15-12-10(13)4-9(6-14)5-11(12)16-7-8-2-3-8/h4-5,8H,2-3,6-7,14H2,1H3. The third-order valence-corrected chi connectivity index (χ3v) is 3.27. The summed E-state index contributed by atoms with van der Waals surface area (Å²) < 4.78 is 12.0. The zero-order valence-electron chi connectivity index (χ0n) is 9.33. The molecule has 16 heavy (non-hydrogen) atoms. The molecular weight excluding hydrogens is 270 g/mol. The second-order valence-electron chi connectivity index (χ2n) is 4.07. The molecular formula is C12H16BrNO2. The molecule has 0 unspecified atom stereocenters. The summed E-state index contributed by atoms with van der Waals surface area (Å²) in [6, 6.07) is 3.91. The molecule has 1 aliphatic rings. The molecule has 1 aromatic carbocycles. The summed E-state index contributed by atoms with van der Waals surface area (Å²) in [5, 5.41) is 0. The quantitative estimate of drug-likeness (QED) is 0.905. The largest absolute Gasteiger partial charge is 0.492 e. The van der Waals surface area contributed by atoms with E-state index in [-0.39, 0.29) is 0 Å². The predicted octanol–water partition coefficient (Wildman–Crippen LogP) is 2.71. The lowest BCUT2D eigenvalue weighted by atomic mass is 10.2. The third kappa shape index (κ3) is 2.68. The summed E-state index contributed by atoms with van der Waals surface area (Å²) in [6.07, 6.45) is 2.56. The van der Waals surface area contributed by atoms with Gasteiger partial charge in [-0.2, -0.15) is 0 Å². The van der Waals surface area contributed by atoms with Gasteiger partial charge in [-0.25, -0.2) is 0 Å². The van der Waals surface area contributed by atoms with Gasteiger partial charge in [-0.1, -0.05) is 0 Å². The van der Waals surface area contributed by atoms with E-state index in [0.717, 1.165) is 34.1 Å². The van der Waals surface area contributed by atoms with Crippen molar-refractivity contribution in [2.75, 3.05) is 13.7 Å². The normalized spacial score (nSPS) is 14.9. The fraction of sp³-hybridized carbons (Fsp3) is 0.500. The van der Waals surface area contributed by atoms with Gasteiger partial charge in [0, 0.05) is 6.54 Å². The second kappa shape index (κ2) is 5.06. The van der Waals surface area contributed by atoms with Crippen LogP contribution in [0.25, 0.3) is 0 Å². The Morgan fingerprint density at radius 1 is 1.44 bits per heavy atom. The van der Waals surface area contributed by atoms with E-state index < -0.39 is 0 Å². The van der Waals surface area contributed by atoms with Gasteiger partial charge < -0.3 is 15.2 Å². The highest BCUT2D eigenvalue weighted by atomic mass is 79.9. The number of methoxy groups -OCH3 is 1. The second-order valence-corrected chi connectivity index (χ2v) is 4.92. The SMILES string of the molecule is COc1c(Br)cc(CN)cc1OCC1CC1. The fourth-order valence-corrected chi connectivity index (χ4v) is 2.19. The van der Waals surface area contributed by atoms with E-state index in [2.05, 4.69) is 15.9 Å². The van der Waals surface area contributed by atoms with Crippen LogP contribution in [0.15, 0.2) is 16.6 Å². The monoisotopic (exact) mass is 285 g/mol. The van der Waals surface area contributed by atoms with Gasteiger partial charge in [0.1, 0.15) is 0 Å². The maximum Gasteiger partial charge on any atom is 0.174 e.